The van der Waals surface area contributed by atoms with E-state index in [1.807, 2.05) is 83.4 Å². The van der Waals surface area contributed by atoms with Crippen LogP contribution >= 0.6 is 0 Å². The van der Waals surface area contributed by atoms with Gasteiger partial charge in [0.25, 0.3) is 0 Å². The van der Waals surface area contributed by atoms with E-state index in [9.17, 15) is 50.7 Å². The first-order valence-corrected chi connectivity index (χ1v) is 40.5. The van der Waals surface area contributed by atoms with Crippen LogP contribution in [0.5, 0.6) is 0 Å². The van der Waals surface area contributed by atoms with E-state index in [1.54, 1.807) is 18.2 Å². The van der Waals surface area contributed by atoms with Gasteiger partial charge in [0.05, 0.1) is 138 Å². The molecule has 24 aromatic rings. The Labute approximate surface area is 900 Å². The Morgan fingerprint density at radius 3 is 0.890 bits per heavy atom. The molecule has 0 radical (unpaired) electrons. The summed E-state index contributed by atoms with van der Waals surface area (Å²) in [4.78, 5) is 0.502. The lowest BCUT2D eigenvalue weighted by Crippen LogP contribution is -2.09. The smallest absolute Gasteiger partial charge is 0.0645 e. The lowest BCUT2D eigenvalue weighted by molar-refractivity contribution is 1.18. The van der Waals surface area contributed by atoms with Gasteiger partial charge in [-0.15, -0.1) is 0 Å². The SMILES string of the molecule is [2H]c1c([2H])c([2H])c(-c2c([2H])c([2H])c(-c3c([2H])c([2H])c(N(c4c([2H])c([2H])c(-c5c([2H])c([2H])c([2H])c([2H])c5-c5c([2H])c([2H])c([2H])c([2H])c5[2H])c([2H])c4[2H])c4c([2H])c([2H])c(-c5c([2H])c([2H])c6c(c5[2H])c5c([2H])c([2H])c([2H])c([2H])c5n6-c5c([2H])c([2H])c([2H])c([2H])c5-c5c([2H])c([2H])c([2H])c([2H])c5[2H])c([2H])c4[2H])c([2H])c3[2H])c([2H])c2[2H])c([2H])c1[2H].[2H]c1c([2H])c([2H])c(-c2c([2H])c([2H])c(-c3c([2H])c([2H])c(N(c4c([2H])c([2H])c(-c5ccc6c(c5)c5ccccc5n6-c5ccccc5-c5ccccc5)c([2H])c4[2H])c4c([2H])c([2H])c(-c5c([2H])c([2H])c([2H])c([2H])c5-c5c([2H])c([2H])c([2H])c([2H])c5[2H])c([2H])c4[2H])c([2H])c3[2H])c([2H])c2[2H])c([2H])c1[2H]. The van der Waals surface area contributed by atoms with Crippen molar-refractivity contribution in [3.8, 4) is 145 Å². The standard InChI is InChI=1S/2C66H46N2/c2*1-4-16-47(17-5-1)48-28-30-49(31-29-48)50-32-39-56(40-33-50)67(58-43-36-54(37-44-58)60-23-11-10-22-59(60)52-18-6-2-7-19-52)57-41-34-51(35-42-57)55-38-45-66-63(46-55)62-25-13-15-27-65(62)68(66)64-26-14-12-24-61(64)53-20-8-3-9-21-53/h2*1-46H/i1D,2D,3D,4D,5D,6D,7D,8D,9D,10D,11D,12D,13D,14D,15D,16D,17D,18D,19D,20D,21D,22D,23D,24D,25D,26D,27D,28D,29D,30D,31D,32D,33D,34D,35D,36D,37D,38D,39D,40D,41D,42D,43D,44D,45D,46D;1D,2D,4D,5D,6D,7D,10D,11D,16D,17D,18D,19D,22D,23D,28D,29D,30D,31D,32D,33D,34D,35D,36D,37D,39D,40D,41D,42D,43D,44D. The van der Waals surface area contributed by atoms with Crippen LogP contribution in [0.3, 0.4) is 0 Å². The molecule has 22 aromatic carbocycles. The molecular formula is C132H92N4. The van der Waals surface area contributed by atoms with E-state index >= 15 is 0 Å². The normalized spacial score (nSPS) is 19.1. The van der Waals surface area contributed by atoms with Gasteiger partial charge >= 0.3 is 0 Å². The van der Waals surface area contributed by atoms with E-state index < -0.39 is 632 Å². The Hall–Kier alpha value is -18.0. The summed E-state index contributed by atoms with van der Waals surface area (Å²) < 4.78 is 696. The predicted octanol–water partition coefficient (Wildman–Crippen LogP) is 36.5. The van der Waals surface area contributed by atoms with Gasteiger partial charge in [-0.05, 0) is 243 Å². The number of fused-ring (bicyclic) bond motifs is 6. The van der Waals surface area contributed by atoms with Gasteiger partial charge in [0.15, 0.2) is 0 Å². The first-order valence-electron chi connectivity index (χ1n) is 78.5. The molecule has 136 heavy (non-hydrogen) atoms. The van der Waals surface area contributed by atoms with Crippen molar-refractivity contribution in [1.82, 2.24) is 9.13 Å². The van der Waals surface area contributed by atoms with E-state index in [2.05, 4.69) is 0 Å². The Balaban J connectivity index is 0.000000218. The van der Waals surface area contributed by atoms with Crippen molar-refractivity contribution in [3.05, 3.63) is 556 Å². The second kappa shape index (κ2) is 37.1. The molecule has 0 atom stereocenters. The fourth-order valence-corrected chi connectivity index (χ4v) is 14.8. The van der Waals surface area contributed by atoms with Crippen LogP contribution in [0.1, 0.15) is 104 Å². The van der Waals surface area contributed by atoms with E-state index in [1.165, 1.54) is 0 Å². The second-order valence-corrected chi connectivity index (χ2v) is 28.7. The molecule has 0 amide bonds. The molecule has 4 heteroatoms. The number of hydrogen-bond donors (Lipinski definition) is 0. The molecule has 0 aliphatic rings. The lowest BCUT2D eigenvalue weighted by atomic mass is 9.94. The molecule has 0 N–H and O–H groups in total. The number of hydrogen-bond acceptors (Lipinski definition) is 2. The molecule has 4 nitrogen and oxygen atoms in total. The van der Waals surface area contributed by atoms with E-state index in [4.69, 9.17) is 53.5 Å². The van der Waals surface area contributed by atoms with Crippen LogP contribution in [-0.4, -0.2) is 9.13 Å². The number of nitrogens with zero attached hydrogens (tertiary/aromatic N) is 4. The molecule has 0 unspecified atom stereocenters. The van der Waals surface area contributed by atoms with E-state index in [0.29, 0.717) is 25.8 Å². The molecule has 0 spiro atoms. The van der Waals surface area contributed by atoms with Crippen molar-refractivity contribution in [2.45, 2.75) is 0 Å². The molecule has 0 bridgehead atoms. The molecule has 0 fully saturated rings. The minimum absolute atomic E-state index is 0.105. The predicted molar refractivity (Wildman–Crippen MR) is 576 cm³/mol. The summed E-state index contributed by atoms with van der Waals surface area (Å²) in [7, 11) is 0. The molecular weight excluding hydrogens is 1640 g/mol. The van der Waals surface area contributed by atoms with Crippen molar-refractivity contribution in [1.29, 1.82) is 0 Å². The maximum Gasteiger partial charge on any atom is 0.0645 e. The quantitative estimate of drug-likeness (QED) is 0.0756. The number of anilines is 6. The minimum atomic E-state index is -1.55. The van der Waals surface area contributed by atoms with E-state index in [-0.39, 0.29) is 16.0 Å². The fourth-order valence-electron chi connectivity index (χ4n) is 14.8. The average molecular weight is 1810 g/mol. The summed E-state index contributed by atoms with van der Waals surface area (Å²) >= 11 is 0. The van der Waals surface area contributed by atoms with Crippen LogP contribution in [0.25, 0.3) is 189 Å². The highest BCUT2D eigenvalue weighted by Crippen LogP contribution is 2.47. The number of para-hydroxylation sites is 4. The van der Waals surface area contributed by atoms with Gasteiger partial charge in [0.1, 0.15) is 0 Å². The monoisotopic (exact) mass is 1810 g/mol. The zero-order valence-corrected chi connectivity index (χ0v) is 69.0. The third kappa shape index (κ3) is 16.4. The van der Waals surface area contributed by atoms with Gasteiger partial charge in [-0.1, -0.05) is 435 Å². The largest absolute Gasteiger partial charge is 0.311 e. The second-order valence-electron chi connectivity index (χ2n) is 28.7. The number of aromatic nitrogens is 2. The molecule has 0 aliphatic heterocycles. The summed E-state index contributed by atoms with van der Waals surface area (Å²) in [6, 6.07) is -57.2. The Morgan fingerprint density at radius 2 is 0.441 bits per heavy atom. The van der Waals surface area contributed by atoms with Crippen LogP contribution in [0.15, 0.2) is 556 Å². The molecule has 24 rings (SSSR count). The highest BCUT2D eigenvalue weighted by molar-refractivity contribution is 6.13. The Kier molecular flexibility index (Phi) is 9.46. The van der Waals surface area contributed by atoms with Gasteiger partial charge in [-0.2, -0.15) is 0 Å². The zero-order valence-electron chi connectivity index (χ0n) is 145. The molecule has 2 aromatic heterocycles. The maximum atomic E-state index is 10.0. The van der Waals surface area contributed by atoms with Gasteiger partial charge in [0, 0.05) is 66.8 Å². The van der Waals surface area contributed by atoms with Gasteiger partial charge < -0.3 is 18.9 Å². The maximum absolute atomic E-state index is 10.0. The van der Waals surface area contributed by atoms with Crippen molar-refractivity contribution < 1.29 is 104 Å². The summed E-state index contributed by atoms with van der Waals surface area (Å²) in [6.45, 7) is 0. The average Bonchev–Trinajstić information content (AvgIpc) is 1.41. The molecule has 0 saturated heterocycles. The zero-order chi connectivity index (χ0) is 157. The number of rotatable bonds is 20. The Morgan fingerprint density at radius 1 is 0.147 bits per heavy atom. The molecule has 2 heterocycles. The van der Waals surface area contributed by atoms with Gasteiger partial charge in [0.2, 0.25) is 0 Å². The number of benzene rings is 22. The van der Waals surface area contributed by atoms with Crippen molar-refractivity contribution in [2.75, 3.05) is 9.80 Å². The highest BCUT2D eigenvalue weighted by Gasteiger charge is 2.23. The van der Waals surface area contributed by atoms with Crippen LogP contribution < -0.4 is 9.80 Å². The van der Waals surface area contributed by atoms with Gasteiger partial charge in [-0.3, -0.25) is 0 Å². The first-order chi connectivity index (χ1) is 99.1. The summed E-state index contributed by atoms with van der Waals surface area (Å²) in [5, 5.41) is -0.394. The highest BCUT2D eigenvalue weighted by atomic mass is 15.1. The van der Waals surface area contributed by atoms with Crippen LogP contribution in [0.4, 0.5) is 34.1 Å². The van der Waals surface area contributed by atoms with Crippen molar-refractivity contribution >= 4 is 77.7 Å². The van der Waals surface area contributed by atoms with Crippen LogP contribution in [0, 0.1) is 0 Å². The summed E-state index contributed by atoms with van der Waals surface area (Å²) in [5.74, 6) is 0. The fraction of sp³-hybridized carbons (Fsp3) is 0. The van der Waals surface area contributed by atoms with Gasteiger partial charge in [-0.25, -0.2) is 0 Å². The third-order valence-electron chi connectivity index (χ3n) is 20.9. The third-order valence-corrected chi connectivity index (χ3v) is 20.9. The van der Waals surface area contributed by atoms with Crippen molar-refractivity contribution in [2.24, 2.45) is 0 Å². The lowest BCUT2D eigenvalue weighted by Gasteiger charge is -2.26. The topological polar surface area (TPSA) is 16.3 Å². The van der Waals surface area contributed by atoms with E-state index in [0.717, 1.165) is 22.3 Å². The molecule has 0 saturated carbocycles. The molecule has 640 valence electrons. The Bertz CT molecular complexity index is 13100. The van der Waals surface area contributed by atoms with Crippen LogP contribution in [-0.2, 0) is 0 Å². The summed E-state index contributed by atoms with van der Waals surface area (Å²) in [5.41, 5.74) is -26.0. The van der Waals surface area contributed by atoms with Crippen molar-refractivity contribution in [3.63, 3.8) is 0 Å². The summed E-state index contributed by atoms with van der Waals surface area (Å²) in [6.07, 6.45) is 0. The molecule has 0 aliphatic carbocycles. The van der Waals surface area contributed by atoms with Crippen LogP contribution in [0.2, 0.25) is 0 Å². The minimum Gasteiger partial charge on any atom is -0.311 e. The first kappa shape index (κ1) is 34.6.